The topological polar surface area (TPSA) is 84.7 Å². The molecule has 0 aromatic heterocycles. The Kier molecular flexibility index (Phi) is 6.28. The van der Waals surface area contributed by atoms with Crippen LogP contribution in [0, 0.1) is 0 Å². The number of anilines is 2. The van der Waals surface area contributed by atoms with Crippen LogP contribution in [0.5, 0.6) is 5.75 Å². The minimum atomic E-state index is -0.530. The monoisotopic (exact) mass is 437 g/mol. The number of amides is 2. The van der Waals surface area contributed by atoms with Crippen molar-refractivity contribution >= 4 is 40.9 Å². The van der Waals surface area contributed by atoms with Gasteiger partial charge in [-0.25, -0.2) is 0 Å². The Morgan fingerprint density at radius 3 is 2.68 bits per heavy atom. The molecule has 0 atom stereocenters. The van der Waals surface area contributed by atoms with Crippen molar-refractivity contribution < 1.29 is 14.3 Å². The zero-order valence-corrected chi connectivity index (χ0v) is 17.8. The second-order valence-corrected chi connectivity index (χ2v) is 8.09. The minimum absolute atomic E-state index is 0.294. The molecule has 4 rings (SSSR count). The van der Waals surface area contributed by atoms with Gasteiger partial charge in [0.2, 0.25) is 11.8 Å². The molecule has 1 fully saturated rings. The highest BCUT2D eigenvalue weighted by atomic mass is 35.5. The molecule has 6 nitrogen and oxygen atoms in total. The van der Waals surface area contributed by atoms with Crippen molar-refractivity contribution in [1.29, 1.82) is 0 Å². The fourth-order valence-corrected chi connectivity index (χ4v) is 4.00. The van der Waals surface area contributed by atoms with E-state index in [-0.39, 0.29) is 5.91 Å². The summed E-state index contributed by atoms with van der Waals surface area (Å²) in [6.45, 7) is 2.20. The summed E-state index contributed by atoms with van der Waals surface area (Å²) < 4.78 is 5.71. The smallest absolute Gasteiger partial charge is 0.248 e. The lowest BCUT2D eigenvalue weighted by Gasteiger charge is -2.30. The van der Waals surface area contributed by atoms with Crippen molar-refractivity contribution in [3.8, 4) is 5.75 Å². The molecule has 160 valence electrons. The molecule has 0 unspecified atom stereocenters. The number of nitrogens with two attached hydrogens (primary N) is 1. The average molecular weight is 438 g/mol. The van der Waals surface area contributed by atoms with E-state index < -0.39 is 5.91 Å². The van der Waals surface area contributed by atoms with Gasteiger partial charge in [0.1, 0.15) is 12.4 Å². The Morgan fingerprint density at radius 2 is 1.90 bits per heavy atom. The van der Waals surface area contributed by atoms with Gasteiger partial charge in [-0.15, -0.1) is 0 Å². The molecule has 2 aliphatic rings. The van der Waals surface area contributed by atoms with Crippen molar-refractivity contribution in [3.63, 3.8) is 0 Å². The van der Waals surface area contributed by atoms with E-state index in [1.165, 1.54) is 12.5 Å². The molecular weight excluding hydrogens is 414 g/mol. The van der Waals surface area contributed by atoms with Crippen LogP contribution in [0.25, 0.3) is 6.08 Å². The third kappa shape index (κ3) is 5.09. The molecule has 0 saturated carbocycles. The van der Waals surface area contributed by atoms with Gasteiger partial charge in [-0.3, -0.25) is 9.59 Å². The molecule has 1 saturated heterocycles. The standard InChI is InChI=1S/C24H24ClN3O3/c25-19-6-8-22-18(13-19)12-16(15-31-22)4-9-23(29)27-20-14-17(24(26)30)5-7-21(20)28-10-2-1-3-11-28/h4-9,12-14H,1-3,10-11,15H2,(H2,26,30)(H,27,29)/b9-4+. The van der Waals surface area contributed by atoms with Gasteiger partial charge in [0, 0.05) is 35.3 Å². The largest absolute Gasteiger partial charge is 0.488 e. The van der Waals surface area contributed by atoms with E-state index in [9.17, 15) is 9.59 Å². The van der Waals surface area contributed by atoms with Crippen LogP contribution in [0.4, 0.5) is 11.4 Å². The number of piperidine rings is 1. The predicted octanol–water partition coefficient (Wildman–Crippen LogP) is 4.40. The van der Waals surface area contributed by atoms with Gasteiger partial charge in [-0.1, -0.05) is 17.7 Å². The number of rotatable bonds is 5. The van der Waals surface area contributed by atoms with E-state index in [0.717, 1.165) is 48.5 Å². The second-order valence-electron chi connectivity index (χ2n) is 7.66. The maximum atomic E-state index is 12.6. The summed E-state index contributed by atoms with van der Waals surface area (Å²) in [5, 5.41) is 3.53. The Morgan fingerprint density at radius 1 is 1.10 bits per heavy atom. The first-order valence-corrected chi connectivity index (χ1v) is 10.7. The van der Waals surface area contributed by atoms with Crippen molar-refractivity contribution in [3.05, 3.63) is 70.3 Å². The van der Waals surface area contributed by atoms with Crippen molar-refractivity contribution in [1.82, 2.24) is 0 Å². The van der Waals surface area contributed by atoms with Crippen LogP contribution in [-0.2, 0) is 4.79 Å². The van der Waals surface area contributed by atoms with E-state index >= 15 is 0 Å². The van der Waals surface area contributed by atoms with Crippen LogP contribution >= 0.6 is 11.6 Å². The summed E-state index contributed by atoms with van der Waals surface area (Å²) in [5.41, 5.74) is 9.01. The van der Waals surface area contributed by atoms with Gasteiger partial charge in [-0.05, 0) is 67.3 Å². The van der Waals surface area contributed by atoms with Gasteiger partial charge < -0.3 is 20.7 Å². The number of primary amides is 1. The van der Waals surface area contributed by atoms with Gasteiger partial charge >= 0.3 is 0 Å². The summed E-state index contributed by atoms with van der Waals surface area (Å²) >= 11 is 6.05. The number of nitrogens with zero attached hydrogens (tertiary/aromatic N) is 1. The van der Waals surface area contributed by atoms with Crippen LogP contribution in [0.15, 0.2) is 54.1 Å². The van der Waals surface area contributed by atoms with E-state index in [2.05, 4.69) is 10.2 Å². The zero-order chi connectivity index (χ0) is 21.8. The van der Waals surface area contributed by atoms with Crippen LogP contribution < -0.4 is 20.7 Å². The molecule has 31 heavy (non-hydrogen) atoms. The number of hydrogen-bond acceptors (Lipinski definition) is 4. The molecule has 0 aliphatic carbocycles. The van der Waals surface area contributed by atoms with Crippen LogP contribution in [0.1, 0.15) is 35.2 Å². The maximum absolute atomic E-state index is 12.6. The molecule has 2 heterocycles. The fraction of sp³-hybridized carbons (Fsp3) is 0.250. The Hall–Kier alpha value is -3.25. The molecule has 0 bridgehead atoms. The lowest BCUT2D eigenvalue weighted by atomic mass is 10.1. The third-order valence-electron chi connectivity index (χ3n) is 5.39. The number of carbonyl (C=O) groups excluding carboxylic acids is 2. The van der Waals surface area contributed by atoms with Crippen LogP contribution in [0.2, 0.25) is 5.02 Å². The first kappa shape index (κ1) is 21.0. The summed E-state index contributed by atoms with van der Waals surface area (Å²) in [6, 6.07) is 10.6. The van der Waals surface area contributed by atoms with Crippen molar-refractivity contribution in [2.45, 2.75) is 19.3 Å². The number of nitrogens with one attached hydrogen (secondary N) is 1. The molecule has 2 aromatic rings. The summed E-state index contributed by atoms with van der Waals surface area (Å²) in [5.74, 6) is -0.0591. The zero-order valence-electron chi connectivity index (χ0n) is 17.1. The minimum Gasteiger partial charge on any atom is -0.488 e. The molecule has 0 spiro atoms. The SMILES string of the molecule is NC(=O)c1ccc(N2CCCCC2)c(NC(=O)/C=C/C2=Cc3cc(Cl)ccc3OC2)c1. The normalized spacial score (nSPS) is 15.8. The number of ether oxygens (including phenoxy) is 1. The molecule has 2 aromatic carbocycles. The van der Waals surface area contributed by atoms with Crippen LogP contribution in [0.3, 0.4) is 0 Å². The van der Waals surface area contributed by atoms with E-state index in [4.69, 9.17) is 22.1 Å². The number of hydrogen-bond donors (Lipinski definition) is 2. The molecule has 7 heteroatoms. The second kappa shape index (κ2) is 9.27. The lowest BCUT2D eigenvalue weighted by Crippen LogP contribution is -2.30. The third-order valence-corrected chi connectivity index (χ3v) is 5.63. The van der Waals surface area contributed by atoms with Gasteiger partial charge in [0.15, 0.2) is 0 Å². The van der Waals surface area contributed by atoms with E-state index in [1.807, 2.05) is 24.3 Å². The number of carbonyl (C=O) groups is 2. The Labute approximate surface area is 186 Å². The first-order valence-electron chi connectivity index (χ1n) is 10.3. The summed E-state index contributed by atoms with van der Waals surface area (Å²) in [6.07, 6.45) is 8.53. The number of halogens is 1. The number of benzene rings is 2. The molecule has 2 amide bonds. The predicted molar refractivity (Wildman–Crippen MR) is 124 cm³/mol. The lowest BCUT2D eigenvalue weighted by molar-refractivity contribution is -0.111. The molecular formula is C24H24ClN3O3. The quantitative estimate of drug-likeness (QED) is 0.679. The highest BCUT2D eigenvalue weighted by Crippen LogP contribution is 2.31. The molecule has 0 radical (unpaired) electrons. The Balaban J connectivity index is 1.52. The molecule has 2 aliphatic heterocycles. The van der Waals surface area contributed by atoms with Gasteiger partial charge in [0.05, 0.1) is 11.4 Å². The highest BCUT2D eigenvalue weighted by Gasteiger charge is 2.17. The van der Waals surface area contributed by atoms with E-state index in [0.29, 0.717) is 22.9 Å². The molecule has 3 N–H and O–H groups in total. The summed E-state index contributed by atoms with van der Waals surface area (Å²) in [7, 11) is 0. The van der Waals surface area contributed by atoms with Crippen molar-refractivity contribution in [2.24, 2.45) is 5.73 Å². The van der Waals surface area contributed by atoms with Gasteiger partial charge in [0.25, 0.3) is 0 Å². The Bertz CT molecular complexity index is 1070. The summed E-state index contributed by atoms with van der Waals surface area (Å²) in [4.78, 5) is 26.5. The highest BCUT2D eigenvalue weighted by molar-refractivity contribution is 6.30. The maximum Gasteiger partial charge on any atom is 0.248 e. The van der Waals surface area contributed by atoms with E-state index in [1.54, 1.807) is 24.3 Å². The fourth-order valence-electron chi connectivity index (χ4n) is 3.82. The van der Waals surface area contributed by atoms with Crippen molar-refractivity contribution in [2.75, 3.05) is 29.9 Å². The van der Waals surface area contributed by atoms with Gasteiger partial charge in [-0.2, -0.15) is 0 Å². The van der Waals surface area contributed by atoms with Crippen LogP contribution in [-0.4, -0.2) is 31.5 Å². The average Bonchev–Trinajstić information content (AvgIpc) is 2.78. The first-order chi connectivity index (χ1) is 15.0. The number of fused-ring (bicyclic) bond motifs is 1.